The summed E-state index contributed by atoms with van der Waals surface area (Å²) < 4.78 is 5.51. The molecule has 0 radical (unpaired) electrons. The molecule has 0 aromatic rings. The van der Waals surface area contributed by atoms with Crippen LogP contribution in [-0.4, -0.2) is 62.6 Å². The van der Waals surface area contributed by atoms with E-state index in [1.54, 1.807) is 0 Å². The largest absolute Gasteiger partial charge is 0.396 e. The highest BCUT2D eigenvalue weighted by molar-refractivity contribution is 4.87. The fraction of sp³-hybridized carbons (Fsp3) is 1.00. The summed E-state index contributed by atoms with van der Waals surface area (Å²) in [4.78, 5) is 2.35. The van der Waals surface area contributed by atoms with E-state index >= 15 is 0 Å². The lowest BCUT2D eigenvalue weighted by atomic mass is 9.79. The van der Waals surface area contributed by atoms with Crippen LogP contribution in [0.5, 0.6) is 0 Å². The van der Waals surface area contributed by atoms with Crippen molar-refractivity contribution in [3.63, 3.8) is 0 Å². The second-order valence-corrected chi connectivity index (χ2v) is 5.96. The van der Waals surface area contributed by atoms with Gasteiger partial charge in [0.25, 0.3) is 0 Å². The molecular formula is C14H30N2O2. The maximum atomic E-state index is 8.90. The molecule has 0 aromatic heterocycles. The highest BCUT2D eigenvalue weighted by Crippen LogP contribution is 2.30. The molecule has 1 aliphatic heterocycles. The van der Waals surface area contributed by atoms with Gasteiger partial charge in [-0.3, -0.25) is 0 Å². The first-order valence-electron chi connectivity index (χ1n) is 7.18. The first kappa shape index (κ1) is 15.9. The molecule has 108 valence electrons. The van der Waals surface area contributed by atoms with E-state index in [0.29, 0.717) is 11.5 Å². The third-order valence-corrected chi connectivity index (χ3v) is 3.74. The number of nitrogens with zero attached hydrogens (tertiary/aromatic N) is 1. The van der Waals surface area contributed by atoms with Gasteiger partial charge in [0.15, 0.2) is 0 Å². The van der Waals surface area contributed by atoms with Crippen molar-refractivity contribution in [1.82, 2.24) is 10.2 Å². The SMILES string of the molecule is CC(C)NCC1(CN(C)CCCO)CCOCC1. The zero-order valence-corrected chi connectivity index (χ0v) is 12.2. The van der Waals surface area contributed by atoms with Crippen molar-refractivity contribution in [1.29, 1.82) is 0 Å². The number of nitrogens with one attached hydrogen (secondary N) is 1. The number of aliphatic hydroxyl groups is 1. The Morgan fingerprint density at radius 1 is 1.33 bits per heavy atom. The smallest absolute Gasteiger partial charge is 0.0472 e. The minimum Gasteiger partial charge on any atom is -0.396 e. The van der Waals surface area contributed by atoms with Gasteiger partial charge in [0.2, 0.25) is 0 Å². The van der Waals surface area contributed by atoms with Crippen LogP contribution in [0.1, 0.15) is 33.1 Å². The monoisotopic (exact) mass is 258 g/mol. The number of ether oxygens (including phenoxy) is 1. The maximum absolute atomic E-state index is 8.90. The van der Waals surface area contributed by atoms with Crippen LogP contribution in [0.2, 0.25) is 0 Å². The molecule has 1 fully saturated rings. The fourth-order valence-corrected chi connectivity index (χ4v) is 2.61. The summed E-state index contributed by atoms with van der Waals surface area (Å²) in [6.07, 6.45) is 3.13. The Hall–Kier alpha value is -0.160. The molecule has 0 atom stereocenters. The van der Waals surface area contributed by atoms with Crippen LogP contribution in [0.25, 0.3) is 0 Å². The molecule has 0 bridgehead atoms. The van der Waals surface area contributed by atoms with Crippen molar-refractivity contribution in [2.45, 2.75) is 39.2 Å². The molecule has 1 aliphatic rings. The van der Waals surface area contributed by atoms with Crippen molar-refractivity contribution in [2.24, 2.45) is 5.41 Å². The van der Waals surface area contributed by atoms with Crippen LogP contribution in [0, 0.1) is 5.41 Å². The molecule has 2 N–H and O–H groups in total. The first-order chi connectivity index (χ1) is 8.58. The molecule has 4 nitrogen and oxygen atoms in total. The van der Waals surface area contributed by atoms with Crippen molar-refractivity contribution in [2.75, 3.05) is 46.5 Å². The molecule has 0 unspecified atom stereocenters. The van der Waals surface area contributed by atoms with Crippen LogP contribution < -0.4 is 5.32 Å². The highest BCUT2D eigenvalue weighted by atomic mass is 16.5. The lowest BCUT2D eigenvalue weighted by Crippen LogP contribution is -2.48. The van der Waals surface area contributed by atoms with Gasteiger partial charge in [0.05, 0.1) is 0 Å². The fourth-order valence-electron chi connectivity index (χ4n) is 2.61. The molecule has 1 heterocycles. The van der Waals surface area contributed by atoms with Gasteiger partial charge in [0, 0.05) is 45.5 Å². The van der Waals surface area contributed by atoms with Gasteiger partial charge < -0.3 is 20.1 Å². The predicted octanol–water partition coefficient (Wildman–Crippen LogP) is 1.10. The summed E-state index contributed by atoms with van der Waals surface area (Å²) in [5, 5.41) is 12.5. The molecule has 0 aliphatic carbocycles. The van der Waals surface area contributed by atoms with E-state index in [0.717, 1.165) is 52.1 Å². The van der Waals surface area contributed by atoms with Gasteiger partial charge in [-0.15, -0.1) is 0 Å². The number of aliphatic hydroxyl groups excluding tert-OH is 1. The van der Waals surface area contributed by atoms with E-state index in [-0.39, 0.29) is 6.61 Å². The van der Waals surface area contributed by atoms with Gasteiger partial charge in [-0.2, -0.15) is 0 Å². The van der Waals surface area contributed by atoms with Gasteiger partial charge in [0.1, 0.15) is 0 Å². The van der Waals surface area contributed by atoms with Gasteiger partial charge in [-0.25, -0.2) is 0 Å². The van der Waals surface area contributed by atoms with E-state index in [9.17, 15) is 0 Å². The van der Waals surface area contributed by atoms with Crippen molar-refractivity contribution in [3.8, 4) is 0 Å². The van der Waals surface area contributed by atoms with Crippen LogP contribution in [0.15, 0.2) is 0 Å². The zero-order chi connectivity index (χ0) is 13.4. The summed E-state index contributed by atoms with van der Waals surface area (Å²) in [6.45, 7) is 9.57. The normalized spacial score (nSPS) is 19.7. The van der Waals surface area contributed by atoms with E-state index in [1.165, 1.54) is 0 Å². The minimum atomic E-state index is 0.282. The topological polar surface area (TPSA) is 44.7 Å². The molecule has 0 spiro atoms. The van der Waals surface area contributed by atoms with Crippen LogP contribution in [0.4, 0.5) is 0 Å². The standard InChI is InChI=1S/C14H30N2O2/c1-13(2)15-11-14(5-9-18-10-6-14)12-16(3)7-4-8-17/h13,15,17H,4-12H2,1-3H3. The molecule has 1 saturated heterocycles. The summed E-state index contributed by atoms with van der Waals surface area (Å²) >= 11 is 0. The minimum absolute atomic E-state index is 0.282. The quantitative estimate of drug-likeness (QED) is 0.684. The van der Waals surface area contributed by atoms with Gasteiger partial charge in [-0.05, 0) is 31.7 Å². The Balaban J connectivity index is 2.48. The van der Waals surface area contributed by atoms with E-state index in [4.69, 9.17) is 9.84 Å². The van der Waals surface area contributed by atoms with E-state index in [1.807, 2.05) is 0 Å². The number of hydrogen-bond acceptors (Lipinski definition) is 4. The first-order valence-corrected chi connectivity index (χ1v) is 7.18. The number of hydrogen-bond donors (Lipinski definition) is 2. The Morgan fingerprint density at radius 3 is 2.56 bits per heavy atom. The lowest BCUT2D eigenvalue weighted by Gasteiger charge is -2.40. The summed E-state index contributed by atoms with van der Waals surface area (Å²) in [6, 6.07) is 0.535. The summed E-state index contributed by atoms with van der Waals surface area (Å²) in [5.74, 6) is 0. The van der Waals surface area contributed by atoms with Crippen LogP contribution >= 0.6 is 0 Å². The third-order valence-electron chi connectivity index (χ3n) is 3.74. The van der Waals surface area contributed by atoms with E-state index in [2.05, 4.69) is 31.1 Å². The summed E-state index contributed by atoms with van der Waals surface area (Å²) in [5.41, 5.74) is 0.340. The average Bonchev–Trinajstić information content (AvgIpc) is 2.35. The second-order valence-electron chi connectivity index (χ2n) is 5.96. The Bertz CT molecular complexity index is 216. The van der Waals surface area contributed by atoms with Crippen LogP contribution in [0.3, 0.4) is 0 Å². The van der Waals surface area contributed by atoms with E-state index < -0.39 is 0 Å². The molecule has 18 heavy (non-hydrogen) atoms. The Labute approximate surface area is 112 Å². The summed E-state index contributed by atoms with van der Waals surface area (Å²) in [7, 11) is 2.16. The third kappa shape index (κ3) is 5.65. The maximum Gasteiger partial charge on any atom is 0.0472 e. The average molecular weight is 258 g/mol. The van der Waals surface area contributed by atoms with Crippen molar-refractivity contribution < 1.29 is 9.84 Å². The van der Waals surface area contributed by atoms with Crippen LogP contribution in [-0.2, 0) is 4.74 Å². The van der Waals surface area contributed by atoms with Gasteiger partial charge in [-0.1, -0.05) is 13.8 Å². The molecule has 0 saturated carbocycles. The molecule has 4 heteroatoms. The van der Waals surface area contributed by atoms with Crippen molar-refractivity contribution in [3.05, 3.63) is 0 Å². The Morgan fingerprint density at radius 2 is 2.00 bits per heavy atom. The number of rotatable bonds is 8. The molecule has 1 rings (SSSR count). The zero-order valence-electron chi connectivity index (χ0n) is 12.2. The molecular weight excluding hydrogens is 228 g/mol. The van der Waals surface area contributed by atoms with Crippen molar-refractivity contribution >= 4 is 0 Å². The lowest BCUT2D eigenvalue weighted by molar-refractivity contribution is -0.00199. The highest BCUT2D eigenvalue weighted by Gasteiger charge is 2.33. The molecule has 0 amide bonds. The van der Waals surface area contributed by atoms with Gasteiger partial charge >= 0.3 is 0 Å². The predicted molar refractivity (Wildman–Crippen MR) is 74.8 cm³/mol. The second kappa shape index (κ2) is 8.10. The Kier molecular flexibility index (Phi) is 7.15. The molecule has 0 aromatic carbocycles.